The van der Waals surface area contributed by atoms with Gasteiger partial charge in [-0.05, 0) is 38.6 Å². The fourth-order valence-corrected chi connectivity index (χ4v) is 1.57. The van der Waals surface area contributed by atoms with Crippen LogP contribution in [-0.2, 0) is 0 Å². The van der Waals surface area contributed by atoms with Crippen LogP contribution in [0.1, 0.15) is 31.1 Å². The van der Waals surface area contributed by atoms with E-state index in [0.717, 1.165) is 6.54 Å². The van der Waals surface area contributed by atoms with Gasteiger partial charge >= 0.3 is 0 Å². The van der Waals surface area contributed by atoms with Gasteiger partial charge in [-0.2, -0.15) is 0 Å². The normalized spacial score (nSPS) is 10.2. The van der Waals surface area contributed by atoms with Crippen LogP contribution in [0.15, 0.2) is 18.2 Å². The zero-order valence-electron chi connectivity index (χ0n) is 11.3. The molecule has 1 aromatic carbocycles. The largest absolute Gasteiger partial charge is 0.490 e. The van der Waals surface area contributed by atoms with Gasteiger partial charge in [-0.15, -0.1) is 0 Å². The van der Waals surface area contributed by atoms with Crippen LogP contribution in [-0.4, -0.2) is 32.1 Å². The van der Waals surface area contributed by atoms with Gasteiger partial charge in [-0.3, -0.25) is 4.79 Å². The van der Waals surface area contributed by atoms with Gasteiger partial charge in [0.05, 0.1) is 19.8 Å². The highest BCUT2D eigenvalue weighted by atomic mass is 16.5. The van der Waals surface area contributed by atoms with Crippen LogP contribution >= 0.6 is 0 Å². The molecule has 18 heavy (non-hydrogen) atoms. The van der Waals surface area contributed by atoms with E-state index in [4.69, 9.17) is 9.47 Å². The van der Waals surface area contributed by atoms with Crippen LogP contribution in [0.25, 0.3) is 0 Å². The molecule has 1 N–H and O–H groups in total. The van der Waals surface area contributed by atoms with Crippen molar-refractivity contribution >= 4 is 5.78 Å². The number of hydrogen-bond donors (Lipinski definition) is 1. The van der Waals surface area contributed by atoms with Crippen molar-refractivity contribution in [1.29, 1.82) is 0 Å². The van der Waals surface area contributed by atoms with E-state index in [2.05, 4.69) is 5.32 Å². The molecular formula is C14H21NO3. The van der Waals surface area contributed by atoms with Crippen molar-refractivity contribution < 1.29 is 14.3 Å². The monoisotopic (exact) mass is 251 g/mol. The molecule has 0 spiro atoms. The lowest BCUT2D eigenvalue weighted by Crippen LogP contribution is -2.22. The first-order chi connectivity index (χ1) is 8.72. The second-order valence-corrected chi connectivity index (χ2v) is 3.73. The molecule has 0 radical (unpaired) electrons. The number of Topliss-reactive ketones (excluding diaryl/α,β-unsaturated/α-hetero) is 1. The Morgan fingerprint density at radius 2 is 1.78 bits per heavy atom. The van der Waals surface area contributed by atoms with Crippen molar-refractivity contribution in [2.45, 2.75) is 20.8 Å². The lowest BCUT2D eigenvalue weighted by Gasteiger charge is -2.12. The Hall–Kier alpha value is -1.55. The molecule has 0 aliphatic heterocycles. The van der Waals surface area contributed by atoms with Gasteiger partial charge in [-0.25, -0.2) is 0 Å². The number of rotatable bonds is 8. The maximum atomic E-state index is 11.9. The van der Waals surface area contributed by atoms with E-state index >= 15 is 0 Å². The highest BCUT2D eigenvalue weighted by Crippen LogP contribution is 2.28. The number of carbonyl (C=O) groups is 1. The smallest absolute Gasteiger partial charge is 0.176 e. The first-order valence-electron chi connectivity index (χ1n) is 6.36. The van der Waals surface area contributed by atoms with Crippen LogP contribution in [0.2, 0.25) is 0 Å². The summed E-state index contributed by atoms with van der Waals surface area (Å²) in [6.45, 7) is 8.03. The van der Waals surface area contributed by atoms with Gasteiger partial charge in [0.1, 0.15) is 0 Å². The topological polar surface area (TPSA) is 47.6 Å². The zero-order valence-corrected chi connectivity index (χ0v) is 11.3. The molecule has 0 unspecified atom stereocenters. The van der Waals surface area contributed by atoms with Gasteiger partial charge in [0.25, 0.3) is 0 Å². The fourth-order valence-electron chi connectivity index (χ4n) is 1.57. The van der Waals surface area contributed by atoms with E-state index in [1.54, 1.807) is 18.2 Å². The molecule has 0 fully saturated rings. The zero-order chi connectivity index (χ0) is 13.4. The third-order valence-electron chi connectivity index (χ3n) is 2.40. The van der Waals surface area contributed by atoms with Gasteiger partial charge in [-0.1, -0.05) is 6.92 Å². The van der Waals surface area contributed by atoms with E-state index in [0.29, 0.717) is 36.8 Å². The minimum absolute atomic E-state index is 0.0563. The summed E-state index contributed by atoms with van der Waals surface area (Å²) in [5.41, 5.74) is 0.642. The predicted molar refractivity (Wildman–Crippen MR) is 71.7 cm³/mol. The van der Waals surface area contributed by atoms with Crippen LogP contribution in [0.4, 0.5) is 0 Å². The fraction of sp³-hybridized carbons (Fsp3) is 0.500. The quantitative estimate of drug-likeness (QED) is 0.720. The minimum Gasteiger partial charge on any atom is -0.490 e. The number of benzene rings is 1. The molecule has 0 aliphatic carbocycles. The van der Waals surface area contributed by atoms with E-state index in [9.17, 15) is 4.79 Å². The van der Waals surface area contributed by atoms with Crippen LogP contribution in [0.5, 0.6) is 11.5 Å². The van der Waals surface area contributed by atoms with Gasteiger partial charge in [0, 0.05) is 5.56 Å². The van der Waals surface area contributed by atoms with Crippen LogP contribution in [0.3, 0.4) is 0 Å². The second-order valence-electron chi connectivity index (χ2n) is 3.73. The van der Waals surface area contributed by atoms with Gasteiger partial charge in [0.2, 0.25) is 0 Å². The van der Waals surface area contributed by atoms with E-state index < -0.39 is 0 Å². The summed E-state index contributed by atoms with van der Waals surface area (Å²) in [5, 5.41) is 3.02. The molecule has 0 atom stereocenters. The first kappa shape index (κ1) is 14.5. The molecule has 0 heterocycles. The Morgan fingerprint density at radius 3 is 2.39 bits per heavy atom. The molecule has 0 aromatic heterocycles. The van der Waals surface area contributed by atoms with Crippen LogP contribution in [0, 0.1) is 0 Å². The van der Waals surface area contributed by atoms with Crippen molar-refractivity contribution in [3.8, 4) is 11.5 Å². The molecule has 0 aliphatic rings. The number of hydrogen-bond acceptors (Lipinski definition) is 4. The van der Waals surface area contributed by atoms with Crippen molar-refractivity contribution in [1.82, 2.24) is 5.32 Å². The van der Waals surface area contributed by atoms with Gasteiger partial charge < -0.3 is 14.8 Å². The molecule has 1 aromatic rings. The molecule has 0 saturated carbocycles. The molecular weight excluding hydrogens is 230 g/mol. The maximum Gasteiger partial charge on any atom is 0.176 e. The SMILES string of the molecule is CCNCC(=O)c1ccc(OCC)c(OCC)c1. The Labute approximate surface area is 108 Å². The highest BCUT2D eigenvalue weighted by molar-refractivity contribution is 5.98. The number of likely N-dealkylation sites (N-methyl/N-ethyl adjacent to an activating group) is 1. The predicted octanol–water partition coefficient (Wildman–Crippen LogP) is 2.28. The average Bonchev–Trinajstić information content (AvgIpc) is 2.38. The molecule has 1 rings (SSSR count). The molecule has 100 valence electrons. The number of nitrogens with one attached hydrogen (secondary N) is 1. The maximum absolute atomic E-state index is 11.9. The van der Waals surface area contributed by atoms with Crippen molar-refractivity contribution in [3.05, 3.63) is 23.8 Å². The first-order valence-corrected chi connectivity index (χ1v) is 6.36. The van der Waals surface area contributed by atoms with Crippen molar-refractivity contribution in [3.63, 3.8) is 0 Å². The minimum atomic E-state index is 0.0563. The molecule has 4 nitrogen and oxygen atoms in total. The highest BCUT2D eigenvalue weighted by Gasteiger charge is 2.10. The van der Waals surface area contributed by atoms with E-state index in [-0.39, 0.29) is 5.78 Å². The summed E-state index contributed by atoms with van der Waals surface area (Å²) >= 11 is 0. The molecule has 4 heteroatoms. The third kappa shape index (κ3) is 4.04. The Balaban J connectivity index is 2.87. The third-order valence-corrected chi connectivity index (χ3v) is 2.40. The number of ketones is 1. The number of carbonyl (C=O) groups excluding carboxylic acids is 1. The second kappa shape index (κ2) is 7.71. The molecule has 0 amide bonds. The van der Waals surface area contributed by atoms with Crippen molar-refractivity contribution in [2.24, 2.45) is 0 Å². The Bertz CT molecular complexity index is 391. The summed E-state index contributed by atoms with van der Waals surface area (Å²) in [6.07, 6.45) is 0. The summed E-state index contributed by atoms with van der Waals surface area (Å²) in [4.78, 5) is 11.9. The summed E-state index contributed by atoms with van der Waals surface area (Å²) in [6, 6.07) is 5.30. The average molecular weight is 251 g/mol. The van der Waals surface area contributed by atoms with Crippen molar-refractivity contribution in [2.75, 3.05) is 26.3 Å². The summed E-state index contributed by atoms with van der Waals surface area (Å²) < 4.78 is 10.9. The summed E-state index contributed by atoms with van der Waals surface area (Å²) in [5.74, 6) is 1.36. The summed E-state index contributed by atoms with van der Waals surface area (Å²) in [7, 11) is 0. The van der Waals surface area contributed by atoms with E-state index in [1.165, 1.54) is 0 Å². The van der Waals surface area contributed by atoms with E-state index in [1.807, 2.05) is 20.8 Å². The molecule has 0 saturated heterocycles. The molecule has 0 bridgehead atoms. The Kier molecular flexibility index (Phi) is 6.22. The lowest BCUT2D eigenvalue weighted by molar-refractivity contribution is 0.0991. The standard InChI is InChI=1S/C14H21NO3/c1-4-15-10-12(16)11-7-8-13(17-5-2)14(9-11)18-6-3/h7-9,15H,4-6,10H2,1-3H3. The Morgan fingerprint density at radius 1 is 1.11 bits per heavy atom. The number of ether oxygens (including phenoxy) is 2. The van der Waals surface area contributed by atoms with Gasteiger partial charge in [0.15, 0.2) is 17.3 Å². The lowest BCUT2D eigenvalue weighted by atomic mass is 10.1. The van der Waals surface area contributed by atoms with Crippen LogP contribution < -0.4 is 14.8 Å².